The number of alkyl halides is 2. The normalized spacial score (nSPS) is 12.2. The van der Waals surface area contributed by atoms with Gasteiger partial charge in [-0.15, -0.1) is 0 Å². The van der Waals surface area contributed by atoms with Gasteiger partial charge in [0, 0.05) is 17.7 Å². The van der Waals surface area contributed by atoms with Crippen LogP contribution in [-0.2, 0) is 11.3 Å². The number of para-hydroxylation sites is 1. The Morgan fingerprint density at radius 3 is 2.33 bits per heavy atom. The van der Waals surface area contributed by atoms with Crippen molar-refractivity contribution in [2.45, 2.75) is 52.5 Å². The van der Waals surface area contributed by atoms with Crippen LogP contribution in [0.15, 0.2) is 48.5 Å². The fourth-order valence-electron chi connectivity index (χ4n) is 2.77. The molecule has 0 fully saturated rings. The third-order valence-corrected chi connectivity index (χ3v) is 4.03. The number of benzene rings is 2. The Kier molecular flexibility index (Phi) is 7.74. The van der Waals surface area contributed by atoms with E-state index < -0.39 is 30.3 Å². The number of hydrogen-bond acceptors (Lipinski definition) is 4. The average molecular weight is 420 g/mol. The van der Waals surface area contributed by atoms with E-state index in [0.29, 0.717) is 16.7 Å². The summed E-state index contributed by atoms with van der Waals surface area (Å²) in [4.78, 5) is 24.7. The molecule has 0 saturated heterocycles. The molecule has 0 spiro atoms. The number of carbonyl (C=O) groups excluding carboxylic acids is 2. The van der Waals surface area contributed by atoms with Crippen molar-refractivity contribution in [3.05, 3.63) is 65.2 Å². The van der Waals surface area contributed by atoms with Crippen LogP contribution < -0.4 is 15.4 Å². The van der Waals surface area contributed by atoms with Gasteiger partial charge in [-0.1, -0.05) is 36.4 Å². The first-order valence-corrected chi connectivity index (χ1v) is 9.46. The maximum atomic E-state index is 12.8. The van der Waals surface area contributed by atoms with Crippen LogP contribution in [0, 0.1) is 0 Å². The van der Waals surface area contributed by atoms with Gasteiger partial charge in [-0.25, -0.2) is 4.79 Å². The van der Waals surface area contributed by atoms with E-state index in [1.807, 2.05) is 0 Å². The van der Waals surface area contributed by atoms with Crippen molar-refractivity contribution in [2.24, 2.45) is 0 Å². The summed E-state index contributed by atoms with van der Waals surface area (Å²) in [5, 5.41) is 5.41. The highest BCUT2D eigenvalue weighted by Crippen LogP contribution is 2.26. The highest BCUT2D eigenvalue weighted by molar-refractivity contribution is 5.96. The number of hydrogen-bond donors (Lipinski definition) is 2. The van der Waals surface area contributed by atoms with Gasteiger partial charge in [0.15, 0.2) is 0 Å². The summed E-state index contributed by atoms with van der Waals surface area (Å²) in [6.07, 6.45) is -0.593. The Bertz CT molecular complexity index is 881. The summed E-state index contributed by atoms with van der Waals surface area (Å²) >= 11 is 0. The highest BCUT2D eigenvalue weighted by atomic mass is 19.3. The van der Waals surface area contributed by atoms with E-state index in [2.05, 4.69) is 15.4 Å². The third-order valence-electron chi connectivity index (χ3n) is 4.03. The highest BCUT2D eigenvalue weighted by Gasteiger charge is 2.20. The van der Waals surface area contributed by atoms with E-state index in [9.17, 15) is 18.4 Å². The molecule has 0 aliphatic carbocycles. The number of rotatable bonds is 7. The Hall–Kier alpha value is -3.16. The molecule has 0 aliphatic rings. The second kappa shape index (κ2) is 10.0. The number of nitrogens with one attached hydrogen (secondary N) is 2. The minimum Gasteiger partial charge on any atom is -0.444 e. The van der Waals surface area contributed by atoms with Gasteiger partial charge < -0.3 is 20.1 Å². The molecule has 0 radical (unpaired) electrons. The zero-order valence-corrected chi connectivity index (χ0v) is 17.4. The smallest absolute Gasteiger partial charge is 0.407 e. The van der Waals surface area contributed by atoms with Crippen molar-refractivity contribution in [3.8, 4) is 5.75 Å². The molecule has 0 bridgehead atoms. The summed E-state index contributed by atoms with van der Waals surface area (Å²) < 4.78 is 35.0. The summed E-state index contributed by atoms with van der Waals surface area (Å²) in [6.45, 7) is 4.07. The first-order valence-electron chi connectivity index (χ1n) is 9.46. The summed E-state index contributed by atoms with van der Waals surface area (Å²) in [5.41, 5.74) is 0.734. The Morgan fingerprint density at radius 1 is 1.03 bits per heavy atom. The lowest BCUT2D eigenvalue weighted by atomic mass is 10.0. The number of alkyl carbamates (subject to hydrolysis) is 1. The molecule has 1 unspecified atom stereocenters. The lowest BCUT2D eigenvalue weighted by Crippen LogP contribution is -2.33. The largest absolute Gasteiger partial charge is 0.444 e. The zero-order valence-electron chi connectivity index (χ0n) is 17.4. The second-order valence-corrected chi connectivity index (χ2v) is 7.62. The lowest BCUT2D eigenvalue weighted by molar-refractivity contribution is -0.0506. The number of carbonyl (C=O) groups is 2. The molecule has 2 amide bonds. The molecule has 0 aliphatic heterocycles. The average Bonchev–Trinajstić information content (AvgIpc) is 2.65. The second-order valence-electron chi connectivity index (χ2n) is 7.62. The van der Waals surface area contributed by atoms with Crippen LogP contribution in [-0.4, -0.2) is 24.2 Å². The maximum absolute atomic E-state index is 12.8. The molecule has 0 aromatic heterocycles. The molecule has 2 rings (SSSR count). The van der Waals surface area contributed by atoms with E-state index >= 15 is 0 Å². The van der Waals surface area contributed by atoms with E-state index in [4.69, 9.17) is 4.74 Å². The zero-order chi connectivity index (χ0) is 22.3. The predicted molar refractivity (Wildman–Crippen MR) is 108 cm³/mol. The summed E-state index contributed by atoms with van der Waals surface area (Å²) in [5.74, 6) is -0.406. The molecular weight excluding hydrogens is 394 g/mol. The topological polar surface area (TPSA) is 76.7 Å². The fourth-order valence-corrected chi connectivity index (χ4v) is 2.77. The van der Waals surface area contributed by atoms with Crippen molar-refractivity contribution in [1.29, 1.82) is 0 Å². The predicted octanol–water partition coefficient (Wildman–Crippen LogP) is 4.80. The number of ether oxygens (including phenoxy) is 2. The first-order chi connectivity index (χ1) is 14.1. The molecule has 2 aromatic carbocycles. The molecule has 30 heavy (non-hydrogen) atoms. The van der Waals surface area contributed by atoms with Crippen LogP contribution in [0.25, 0.3) is 0 Å². The third kappa shape index (κ3) is 7.02. The van der Waals surface area contributed by atoms with Crippen LogP contribution >= 0.6 is 0 Å². The van der Waals surface area contributed by atoms with E-state index in [0.717, 1.165) is 0 Å². The van der Waals surface area contributed by atoms with Gasteiger partial charge in [0.2, 0.25) is 0 Å². The van der Waals surface area contributed by atoms with Gasteiger partial charge in [0.1, 0.15) is 11.4 Å². The molecule has 8 heteroatoms. The molecule has 2 N–H and O–H groups in total. The van der Waals surface area contributed by atoms with Crippen LogP contribution in [0.5, 0.6) is 5.75 Å². The molecule has 162 valence electrons. The number of amides is 2. The summed E-state index contributed by atoms with van der Waals surface area (Å²) in [6, 6.07) is 12.5. The van der Waals surface area contributed by atoms with Gasteiger partial charge >= 0.3 is 12.7 Å². The molecule has 2 aromatic rings. The Morgan fingerprint density at radius 2 is 1.67 bits per heavy atom. The van der Waals surface area contributed by atoms with Crippen LogP contribution in [0.3, 0.4) is 0 Å². The van der Waals surface area contributed by atoms with Crippen molar-refractivity contribution in [3.63, 3.8) is 0 Å². The molecule has 6 nitrogen and oxygen atoms in total. The van der Waals surface area contributed by atoms with Gasteiger partial charge in [-0.3, -0.25) is 4.79 Å². The maximum Gasteiger partial charge on any atom is 0.407 e. The minimum atomic E-state index is -2.96. The summed E-state index contributed by atoms with van der Waals surface area (Å²) in [7, 11) is 0. The molecule has 0 saturated carbocycles. The van der Waals surface area contributed by atoms with Gasteiger partial charge in [-0.05, 0) is 45.4 Å². The van der Waals surface area contributed by atoms with Gasteiger partial charge in [-0.2, -0.15) is 8.78 Å². The molecule has 1 atom stereocenters. The van der Waals surface area contributed by atoms with E-state index in [1.54, 1.807) is 70.2 Å². The van der Waals surface area contributed by atoms with Crippen LogP contribution in [0.2, 0.25) is 0 Å². The van der Waals surface area contributed by atoms with Crippen molar-refractivity contribution in [2.75, 3.05) is 0 Å². The first kappa shape index (κ1) is 23.1. The van der Waals surface area contributed by atoms with Gasteiger partial charge in [0.25, 0.3) is 5.91 Å². The number of halogens is 2. The van der Waals surface area contributed by atoms with Crippen LogP contribution in [0.4, 0.5) is 13.6 Å². The Balaban J connectivity index is 2.10. The monoisotopic (exact) mass is 420 g/mol. The van der Waals surface area contributed by atoms with E-state index in [1.165, 1.54) is 6.07 Å². The van der Waals surface area contributed by atoms with Crippen molar-refractivity contribution in [1.82, 2.24) is 10.6 Å². The van der Waals surface area contributed by atoms with Crippen molar-refractivity contribution < 1.29 is 27.8 Å². The minimum absolute atomic E-state index is 0.000164. The van der Waals surface area contributed by atoms with Gasteiger partial charge in [0.05, 0.1) is 6.04 Å². The quantitative estimate of drug-likeness (QED) is 0.674. The standard InChI is InChI=1S/C22H26F2N2O4/c1-14(16-10-7-8-12-18(16)29-20(23)24)26-19(27)17-11-6-5-9-15(17)13-25-21(28)30-22(2,3)4/h5-12,14,20H,13H2,1-4H3,(H,25,28)(H,26,27). The molecular formula is C22H26F2N2O4. The van der Waals surface area contributed by atoms with Crippen molar-refractivity contribution >= 4 is 12.0 Å². The molecule has 0 heterocycles. The fraction of sp³-hybridized carbons (Fsp3) is 0.364. The SMILES string of the molecule is CC(NC(=O)c1ccccc1CNC(=O)OC(C)(C)C)c1ccccc1OC(F)F. The van der Waals surface area contributed by atoms with Crippen LogP contribution in [0.1, 0.15) is 55.2 Å². The lowest BCUT2D eigenvalue weighted by Gasteiger charge is -2.21. The van der Waals surface area contributed by atoms with E-state index in [-0.39, 0.29) is 12.3 Å². The Labute approximate surface area is 174 Å².